The van der Waals surface area contributed by atoms with E-state index in [0.717, 1.165) is 34.6 Å². The first-order valence-electron chi connectivity index (χ1n) is 46.9. The highest BCUT2D eigenvalue weighted by Crippen LogP contribution is 2.43. The first kappa shape index (κ1) is 120. The summed E-state index contributed by atoms with van der Waals surface area (Å²) in [5, 5.41) is 364. The summed E-state index contributed by atoms with van der Waals surface area (Å²) in [6.45, 7) is -4.60. The third-order valence-corrected chi connectivity index (χ3v) is 27.0. The van der Waals surface area contributed by atoms with Crippen LogP contribution in [-0.4, -0.2) is 622 Å². The largest absolute Gasteiger partial charge is 0.394 e. The molecule has 146 heavy (non-hydrogen) atoms. The fraction of sp³-hybridized carbons (Fsp3) is 0.939. The minimum Gasteiger partial charge on any atom is -0.394 e. The van der Waals surface area contributed by atoms with Crippen molar-refractivity contribution in [1.82, 2.24) is 26.6 Å². The minimum absolute atomic E-state index is 0.872. The van der Waals surface area contributed by atoms with Crippen molar-refractivity contribution in [2.75, 3.05) is 66.1 Å². The molecule has 64 nitrogen and oxygen atoms in total. The molecule has 1 unspecified atom stereocenters. The predicted molar refractivity (Wildman–Crippen MR) is 450 cm³/mol. The van der Waals surface area contributed by atoms with Gasteiger partial charge in [-0.2, -0.15) is 0 Å². The van der Waals surface area contributed by atoms with Gasteiger partial charge in [-0.1, -0.05) is 0 Å². The van der Waals surface area contributed by atoms with Crippen LogP contribution in [0, 0.1) is 0 Å². The molecule has 0 radical (unpaired) electrons. The molecule has 12 fully saturated rings. The molecule has 0 saturated carbocycles. The van der Waals surface area contributed by atoms with Gasteiger partial charge in [-0.15, -0.1) is 0 Å². The van der Waals surface area contributed by atoms with E-state index in [1.807, 2.05) is 0 Å². The monoisotopic (exact) mass is 2140 g/mol. The van der Waals surface area contributed by atoms with Gasteiger partial charge < -0.3 is 294 Å². The number of carbonyl (C=O) groups is 5. The zero-order chi connectivity index (χ0) is 107. The van der Waals surface area contributed by atoms with Gasteiger partial charge in [0.15, 0.2) is 75.5 Å². The molecule has 844 valence electrons. The molecular formula is C82H137N5O59. The van der Waals surface area contributed by atoms with Gasteiger partial charge >= 0.3 is 0 Å². The van der Waals surface area contributed by atoms with Crippen molar-refractivity contribution in [3.63, 3.8) is 0 Å². The maximum Gasteiger partial charge on any atom is 0.217 e. The zero-order valence-corrected chi connectivity index (χ0v) is 79.0. The predicted octanol–water partition coefficient (Wildman–Crippen LogP) is -24.4. The summed E-state index contributed by atoms with van der Waals surface area (Å²) >= 11 is 0. The summed E-state index contributed by atoms with van der Waals surface area (Å²) < 4.78 is 139. The van der Waals surface area contributed by atoms with E-state index in [-0.39, 0.29) is 0 Å². The third kappa shape index (κ3) is 26.4. The van der Waals surface area contributed by atoms with Gasteiger partial charge in [-0.3, -0.25) is 24.0 Å². The smallest absolute Gasteiger partial charge is 0.217 e. The highest BCUT2D eigenvalue weighted by Gasteiger charge is 2.64. The molecule has 12 rings (SSSR count). The molecule has 12 heterocycles. The van der Waals surface area contributed by atoms with Crippen LogP contribution >= 0.6 is 0 Å². The van der Waals surface area contributed by atoms with Crippen LogP contribution in [0.3, 0.4) is 0 Å². The van der Waals surface area contributed by atoms with Crippen LogP contribution in [-0.2, 0) is 133 Å². The van der Waals surface area contributed by atoms with Gasteiger partial charge in [-0.05, 0) is 13.8 Å². The zero-order valence-electron chi connectivity index (χ0n) is 79.0. The van der Waals surface area contributed by atoms with Gasteiger partial charge in [0.05, 0.1) is 78.3 Å². The molecule has 0 aliphatic carbocycles. The molecule has 0 bridgehead atoms. The number of ether oxygens (including phenoxy) is 23. The van der Waals surface area contributed by atoms with Crippen LogP contribution in [0.5, 0.6) is 0 Å². The lowest BCUT2D eigenvalue weighted by Crippen LogP contribution is -2.71. The molecule has 64 heteroatoms. The Labute approximate surface area is 827 Å². The second-order valence-corrected chi connectivity index (χ2v) is 37.3. The molecule has 0 aromatic carbocycles. The fourth-order valence-corrected chi connectivity index (χ4v) is 19.1. The van der Waals surface area contributed by atoms with Crippen molar-refractivity contribution in [3.05, 3.63) is 0 Å². The molecule has 12 aliphatic rings. The van der Waals surface area contributed by atoms with Crippen LogP contribution in [0.4, 0.5) is 0 Å². The van der Waals surface area contributed by atoms with Gasteiger partial charge in [-0.25, -0.2) is 0 Å². The van der Waals surface area contributed by atoms with Crippen molar-refractivity contribution in [1.29, 1.82) is 0 Å². The first-order chi connectivity index (χ1) is 69.0. The van der Waals surface area contributed by atoms with Crippen molar-refractivity contribution in [2.24, 2.45) is 0 Å². The Morgan fingerprint density at radius 1 is 0.192 bits per heavy atom. The SMILES string of the molecule is CC(=O)N[C@@H]1[C@H](O[C@@H]2[C@@H](O[C@@H]3[C@H](O)[C@H](O[C@H]4[C@H](O)[C@@H](NC(C)=O)[C@H](O[C@H]5[C@H](O)[C@@H](NC(C)=O)C(O)O[C@@H]5CO[C@@H]5O[C@@H](C)[C@@H](O)[C@@H](O)[C@@H]5O)O[C@@H]4CO)O[C@H](CO[C@H]4O[C@H](CO)[C@@H](O)[C@H](O)[C@@H]4O[C@@H]4O[C@H](CO)[C@@H](O[C@@H]5O[C@H](CO)[C@H](O)[C@H](O[C@H]6O[C@H](CO)[C@H](O)[C@H](O)[C@H]6NC(C)=O)[C@H]5O[C@@H]5O[C@@H](C)[C@@H](O)[C@@H](O)[C@@H]5O)[C@H](O)[C@H]4NC(C)=O)[C@H]3O)O[C@H](CO)[C@@H](O)[C@@H]2O)O[C@H](CO)[C@@H](O[C@@H]2O[C@H](CO)[C@H](O)[C@H](O)[C@H]2O)[C@@H]1O. The lowest BCUT2D eigenvalue weighted by atomic mass is 9.93. The number of amides is 5. The summed E-state index contributed by atoms with van der Waals surface area (Å²) in [6.07, 6.45) is -117. The van der Waals surface area contributed by atoms with Crippen LogP contribution in [0.15, 0.2) is 0 Å². The van der Waals surface area contributed by atoms with E-state index in [0.29, 0.717) is 0 Å². The summed E-state index contributed by atoms with van der Waals surface area (Å²) in [5.41, 5.74) is 0. The van der Waals surface area contributed by atoms with E-state index in [9.17, 15) is 182 Å². The van der Waals surface area contributed by atoms with E-state index >= 15 is 0 Å². The summed E-state index contributed by atoms with van der Waals surface area (Å²) in [5.74, 6) is -4.85. The summed E-state index contributed by atoms with van der Waals surface area (Å²) in [7, 11) is 0. The topological polar surface area (TPSA) is 985 Å². The van der Waals surface area contributed by atoms with E-state index in [1.54, 1.807) is 0 Å². The average Bonchev–Trinajstić information content (AvgIpc) is 0.847. The Morgan fingerprint density at radius 3 is 0.863 bits per heavy atom. The number of hydrogen-bond donors (Lipinski definition) is 36. The van der Waals surface area contributed by atoms with Crippen LogP contribution in [0.2, 0.25) is 0 Å². The Balaban J connectivity index is 0.875. The number of nitrogens with one attached hydrogen (secondary N) is 5. The Kier molecular flexibility index (Phi) is 42.8. The van der Waals surface area contributed by atoms with Gasteiger partial charge in [0.25, 0.3) is 0 Å². The van der Waals surface area contributed by atoms with Crippen molar-refractivity contribution >= 4 is 29.5 Å². The summed E-state index contributed by atoms with van der Waals surface area (Å²) in [4.78, 5) is 65.2. The van der Waals surface area contributed by atoms with E-state index < -0.39 is 464 Å². The fourth-order valence-electron chi connectivity index (χ4n) is 19.1. The normalized spacial score (nSPS) is 49.8. The average molecular weight is 2140 g/mol. The van der Waals surface area contributed by atoms with E-state index in [1.165, 1.54) is 13.8 Å². The third-order valence-electron chi connectivity index (χ3n) is 27.0. The number of carbonyl (C=O) groups excluding carboxylic acids is 5. The Hall–Kier alpha value is -4.81. The quantitative estimate of drug-likeness (QED) is 0.0275. The van der Waals surface area contributed by atoms with E-state index in [2.05, 4.69) is 26.6 Å². The molecule has 36 N–H and O–H groups in total. The maximum atomic E-state index is 13.5. The highest BCUT2D eigenvalue weighted by atomic mass is 16.8. The second-order valence-electron chi connectivity index (χ2n) is 37.3. The standard InChI is InChI=1S/C82H137N5O59/c1-18-40(101)53(114)58(119)76(126-18)124-17-34-65(49(110)35(71(123)128-34)83-20(3)96)138-73-37(85-22(5)98)50(111)63(31(14-94)134-73)140-79-61(122)66(142-81-69(57(118)45(106)28(11-91)132-81)145-75-38(86-23(6)99)51(112)62(30(13-93)135-75)139-78-60(121)55(116)43(104)26(9-89)130-78)47(108)33(137-79)16-125-80-68(56(117)44(105)27(10-90)131-80)144-74-39(87-24(7)100)52(113)64(32(15-95)136-74)141-82-70(146-77-59(120)54(115)41(102)19(2)127-77)67(46(107)29(12-92)133-82)143-72-36(84-21(4)97)48(109)42(103)25(8-88)129-72/h18-19,25-82,88-95,101-123H,8-17H2,1-7H3,(H,83,96)(H,84,97)(H,85,98)(H,86,99)(H,87,100)/t18-,19-,25+,26+,27+,28+,29+,30+,31+,32+,33+,34+,35+,36+,37+,38-,39+,40+,41+,42-,43-,44+,45+,46-,47+,48+,49+,50+,51+,52+,53+,54+,55-,56-,57-,58-,59-,60+,61-,62+,63+,64+,65+,66-,67-,68-,69-,70+,71?,72+,73-,74-,75-,76+,77-,78-,79-,80-,81+,82-/m0/s1. The lowest BCUT2D eigenvalue weighted by Gasteiger charge is -2.51. The molecule has 60 atom stereocenters. The van der Waals surface area contributed by atoms with Crippen LogP contribution < -0.4 is 26.6 Å². The Morgan fingerprint density at radius 2 is 0.438 bits per heavy atom. The molecule has 0 aromatic rings. The number of aliphatic hydroxyl groups is 31. The molecular weight excluding hydrogens is 2000 g/mol. The van der Waals surface area contributed by atoms with Gasteiger partial charge in [0.1, 0.15) is 280 Å². The first-order valence-corrected chi connectivity index (χ1v) is 46.9. The van der Waals surface area contributed by atoms with Crippen LogP contribution in [0.25, 0.3) is 0 Å². The van der Waals surface area contributed by atoms with Gasteiger partial charge in [0, 0.05) is 34.6 Å². The number of hydrogen-bond acceptors (Lipinski definition) is 59. The molecule has 5 amide bonds. The number of aliphatic hydroxyl groups excluding tert-OH is 31. The van der Waals surface area contributed by atoms with Crippen LogP contribution in [0.1, 0.15) is 48.5 Å². The molecule has 0 spiro atoms. The molecule has 12 saturated heterocycles. The second kappa shape index (κ2) is 52.2. The summed E-state index contributed by atoms with van der Waals surface area (Å²) in [6, 6.07) is -9.85. The van der Waals surface area contributed by atoms with Crippen molar-refractivity contribution in [2.45, 2.75) is 417 Å². The van der Waals surface area contributed by atoms with Crippen molar-refractivity contribution in [3.8, 4) is 0 Å². The highest BCUT2D eigenvalue weighted by molar-refractivity contribution is 5.75. The Bertz CT molecular complexity index is 4090. The maximum absolute atomic E-state index is 13.5. The minimum atomic E-state index is -2.70. The number of rotatable bonds is 37. The molecule has 0 aromatic heterocycles. The lowest BCUT2D eigenvalue weighted by molar-refractivity contribution is -0.404. The van der Waals surface area contributed by atoms with Gasteiger partial charge in [0.2, 0.25) is 29.5 Å². The van der Waals surface area contributed by atoms with Crippen molar-refractivity contribution < 1.29 is 291 Å². The van der Waals surface area contributed by atoms with E-state index in [4.69, 9.17) is 109 Å². The molecule has 12 aliphatic heterocycles.